The summed E-state index contributed by atoms with van der Waals surface area (Å²) in [5.74, 6) is 1.94. The molecule has 1 aliphatic heterocycles. The fourth-order valence-electron chi connectivity index (χ4n) is 2.64. The van der Waals surface area contributed by atoms with Gasteiger partial charge in [0.2, 0.25) is 0 Å². The molecule has 1 aromatic heterocycles. The number of anilines is 1. The lowest BCUT2D eigenvalue weighted by Crippen LogP contribution is -2.15. The van der Waals surface area contributed by atoms with Gasteiger partial charge in [0.1, 0.15) is 5.82 Å². The quantitative estimate of drug-likeness (QED) is 0.835. The summed E-state index contributed by atoms with van der Waals surface area (Å²) in [6, 6.07) is 4.49. The van der Waals surface area contributed by atoms with Crippen LogP contribution in [0.25, 0.3) is 0 Å². The summed E-state index contributed by atoms with van der Waals surface area (Å²) in [6.07, 6.45) is 7.42. The van der Waals surface area contributed by atoms with E-state index >= 15 is 0 Å². The van der Waals surface area contributed by atoms with E-state index in [4.69, 9.17) is 4.98 Å². The molecule has 1 aliphatic rings. The Morgan fingerprint density at radius 1 is 1.35 bits per heavy atom. The summed E-state index contributed by atoms with van der Waals surface area (Å²) in [7, 11) is 0. The zero-order valence-corrected chi connectivity index (χ0v) is 11.1. The average Bonchev–Trinajstić information content (AvgIpc) is 2.38. The van der Waals surface area contributed by atoms with Gasteiger partial charge in [0.05, 0.1) is 0 Å². The minimum atomic E-state index is 0.800. The van der Waals surface area contributed by atoms with Crippen LogP contribution in [-0.4, -0.2) is 11.5 Å². The Kier molecular flexibility index (Phi) is 4.41. The number of aromatic nitrogens is 1. The maximum Gasteiger partial charge on any atom is 0.129 e. The maximum absolute atomic E-state index is 4.77. The van der Waals surface area contributed by atoms with Gasteiger partial charge in [-0.2, -0.15) is 0 Å². The van der Waals surface area contributed by atoms with Gasteiger partial charge in [-0.15, -0.1) is 0 Å². The van der Waals surface area contributed by atoms with E-state index in [-0.39, 0.29) is 0 Å². The van der Waals surface area contributed by atoms with Gasteiger partial charge >= 0.3 is 0 Å². The summed E-state index contributed by atoms with van der Waals surface area (Å²) >= 11 is 0. The number of nitrogens with one attached hydrogen (secondary N) is 1. The second kappa shape index (κ2) is 6.04. The lowest BCUT2D eigenvalue weighted by molar-refractivity contribution is 0.457. The number of hydrogen-bond acceptors (Lipinski definition) is 2. The van der Waals surface area contributed by atoms with E-state index in [1.165, 1.54) is 43.4 Å². The minimum Gasteiger partial charge on any atom is -0.370 e. The second-order valence-corrected chi connectivity index (χ2v) is 5.11. The maximum atomic E-state index is 4.77. The highest BCUT2D eigenvalue weighted by Crippen LogP contribution is 2.22. The zero-order valence-electron chi connectivity index (χ0n) is 11.1. The molecule has 0 spiro atoms. The molecule has 17 heavy (non-hydrogen) atoms. The van der Waals surface area contributed by atoms with Crippen molar-refractivity contribution in [3.63, 3.8) is 0 Å². The largest absolute Gasteiger partial charge is 0.370 e. The Labute approximate surface area is 105 Å². The van der Waals surface area contributed by atoms with E-state index in [0.717, 1.165) is 24.7 Å². The molecule has 2 heterocycles. The van der Waals surface area contributed by atoms with Crippen molar-refractivity contribution in [3.05, 3.63) is 23.4 Å². The fraction of sp³-hybridized carbons (Fsp3) is 0.667. The fourth-order valence-corrected chi connectivity index (χ4v) is 2.64. The lowest BCUT2D eigenvalue weighted by Gasteiger charge is -2.19. The van der Waals surface area contributed by atoms with Gasteiger partial charge in [-0.05, 0) is 36.8 Å². The predicted octanol–water partition coefficient (Wildman–Crippen LogP) is 3.81. The van der Waals surface area contributed by atoms with E-state index in [1.807, 2.05) is 0 Å². The lowest BCUT2D eigenvalue weighted by atomic mass is 9.94. The van der Waals surface area contributed by atoms with Crippen LogP contribution in [0.5, 0.6) is 0 Å². The molecule has 0 saturated carbocycles. The average molecular weight is 232 g/mol. The zero-order chi connectivity index (χ0) is 12.1. The normalized spacial score (nSPS) is 16.1. The van der Waals surface area contributed by atoms with Crippen LogP contribution >= 0.6 is 0 Å². The number of nitrogens with zero attached hydrogens (tertiary/aromatic N) is 1. The SMILES string of the molecule is CCCC(CC)Cc1ccc2c(n1)NCCC2. The molecule has 94 valence electrons. The van der Waals surface area contributed by atoms with Crippen LogP contribution in [-0.2, 0) is 12.8 Å². The van der Waals surface area contributed by atoms with E-state index < -0.39 is 0 Å². The van der Waals surface area contributed by atoms with Crippen molar-refractivity contribution >= 4 is 5.82 Å². The topological polar surface area (TPSA) is 24.9 Å². The van der Waals surface area contributed by atoms with Crippen molar-refractivity contribution in [2.45, 2.75) is 52.4 Å². The third kappa shape index (κ3) is 3.21. The molecule has 1 atom stereocenters. The van der Waals surface area contributed by atoms with Crippen molar-refractivity contribution in [1.82, 2.24) is 4.98 Å². The Bertz CT molecular complexity index is 360. The smallest absolute Gasteiger partial charge is 0.129 e. The van der Waals surface area contributed by atoms with Crippen LogP contribution in [0, 0.1) is 5.92 Å². The molecular weight excluding hydrogens is 208 g/mol. The Balaban J connectivity index is 2.05. The first-order valence-corrected chi connectivity index (χ1v) is 7.06. The van der Waals surface area contributed by atoms with Gasteiger partial charge in [0.25, 0.3) is 0 Å². The first-order chi connectivity index (χ1) is 8.33. The number of hydrogen-bond donors (Lipinski definition) is 1. The highest BCUT2D eigenvalue weighted by molar-refractivity contribution is 5.47. The van der Waals surface area contributed by atoms with Crippen LogP contribution in [0.4, 0.5) is 5.82 Å². The molecule has 2 rings (SSSR count). The van der Waals surface area contributed by atoms with Gasteiger partial charge in [0.15, 0.2) is 0 Å². The number of pyridine rings is 1. The molecule has 0 amide bonds. The van der Waals surface area contributed by atoms with Crippen LogP contribution < -0.4 is 5.32 Å². The summed E-state index contributed by atoms with van der Waals surface area (Å²) < 4.78 is 0. The molecule has 0 bridgehead atoms. The summed E-state index contributed by atoms with van der Waals surface area (Å²) in [5, 5.41) is 3.42. The monoisotopic (exact) mass is 232 g/mol. The van der Waals surface area contributed by atoms with Gasteiger partial charge in [-0.1, -0.05) is 39.2 Å². The van der Waals surface area contributed by atoms with Gasteiger partial charge in [-0.25, -0.2) is 4.98 Å². The molecule has 1 N–H and O–H groups in total. The summed E-state index contributed by atoms with van der Waals surface area (Å²) in [5.41, 5.74) is 2.65. The third-order valence-electron chi connectivity index (χ3n) is 3.72. The molecule has 2 heteroatoms. The second-order valence-electron chi connectivity index (χ2n) is 5.11. The number of rotatable bonds is 5. The molecule has 1 aromatic rings. The number of aryl methyl sites for hydroxylation is 1. The van der Waals surface area contributed by atoms with Gasteiger partial charge in [-0.3, -0.25) is 0 Å². The van der Waals surface area contributed by atoms with E-state index in [2.05, 4.69) is 31.3 Å². The van der Waals surface area contributed by atoms with Crippen molar-refractivity contribution < 1.29 is 0 Å². The third-order valence-corrected chi connectivity index (χ3v) is 3.72. The molecule has 0 aromatic carbocycles. The molecule has 0 fully saturated rings. The molecular formula is C15H24N2. The standard InChI is InChI=1S/C15H24N2/c1-3-6-12(4-2)11-14-9-8-13-7-5-10-16-15(13)17-14/h8-9,12H,3-7,10-11H2,1-2H3,(H,16,17). The Morgan fingerprint density at radius 3 is 3.00 bits per heavy atom. The summed E-state index contributed by atoms with van der Waals surface area (Å²) in [4.78, 5) is 4.77. The molecule has 0 radical (unpaired) electrons. The van der Waals surface area contributed by atoms with Crippen LogP contribution in [0.3, 0.4) is 0 Å². The first-order valence-electron chi connectivity index (χ1n) is 7.06. The molecule has 0 aliphatic carbocycles. The van der Waals surface area contributed by atoms with Gasteiger partial charge in [0, 0.05) is 12.2 Å². The Hall–Kier alpha value is -1.05. The predicted molar refractivity (Wildman–Crippen MR) is 73.4 cm³/mol. The summed E-state index contributed by atoms with van der Waals surface area (Å²) in [6.45, 7) is 5.64. The van der Waals surface area contributed by atoms with Crippen LogP contribution in [0.1, 0.15) is 50.8 Å². The van der Waals surface area contributed by atoms with Crippen molar-refractivity contribution in [2.75, 3.05) is 11.9 Å². The molecule has 1 unspecified atom stereocenters. The van der Waals surface area contributed by atoms with Gasteiger partial charge < -0.3 is 5.32 Å². The van der Waals surface area contributed by atoms with E-state index in [9.17, 15) is 0 Å². The molecule has 2 nitrogen and oxygen atoms in total. The van der Waals surface area contributed by atoms with Crippen molar-refractivity contribution in [3.8, 4) is 0 Å². The van der Waals surface area contributed by atoms with Crippen LogP contribution in [0.15, 0.2) is 12.1 Å². The number of fused-ring (bicyclic) bond motifs is 1. The first kappa shape index (κ1) is 12.4. The van der Waals surface area contributed by atoms with E-state index in [0.29, 0.717) is 0 Å². The van der Waals surface area contributed by atoms with Crippen LogP contribution in [0.2, 0.25) is 0 Å². The van der Waals surface area contributed by atoms with Crippen molar-refractivity contribution in [1.29, 1.82) is 0 Å². The van der Waals surface area contributed by atoms with E-state index in [1.54, 1.807) is 0 Å². The highest BCUT2D eigenvalue weighted by atomic mass is 15.0. The highest BCUT2D eigenvalue weighted by Gasteiger charge is 2.12. The minimum absolute atomic E-state index is 0.800. The molecule has 0 saturated heterocycles. The van der Waals surface area contributed by atoms with Crippen molar-refractivity contribution in [2.24, 2.45) is 5.92 Å². The Morgan fingerprint density at radius 2 is 2.24 bits per heavy atom.